The Kier molecular flexibility index (Phi) is 5.45. The van der Waals surface area contributed by atoms with Gasteiger partial charge in [0.2, 0.25) is 0 Å². The summed E-state index contributed by atoms with van der Waals surface area (Å²) in [5, 5.41) is 34.3. The van der Waals surface area contributed by atoms with Gasteiger partial charge in [0, 0.05) is 0 Å². The number of hydrogen-bond acceptors (Lipinski definition) is 7. The van der Waals surface area contributed by atoms with Crippen LogP contribution in [0.5, 0.6) is 0 Å². The third kappa shape index (κ3) is 3.72. The van der Waals surface area contributed by atoms with Gasteiger partial charge in [-0.2, -0.15) is 0 Å². The predicted molar refractivity (Wildman–Crippen MR) is 58.0 cm³/mol. The number of aromatic nitrogens is 3. The number of hydrogen-bond donors (Lipinski definition) is 4. The normalized spacial score (nSPS) is 12.0. The van der Waals surface area contributed by atoms with Gasteiger partial charge in [0.05, 0.1) is 45.8 Å². The minimum atomic E-state index is -1.27. The monoisotopic (exact) mass is 246 g/mol. The van der Waals surface area contributed by atoms with Crippen molar-refractivity contribution >= 4 is 0 Å². The molecule has 0 amide bonds. The maximum atomic E-state index is 9.08. The quantitative estimate of drug-likeness (QED) is 0.371. The number of aliphatic hydroxyl groups is 3. The van der Waals surface area contributed by atoms with E-state index in [4.69, 9.17) is 25.8 Å². The summed E-state index contributed by atoms with van der Waals surface area (Å²) in [6.45, 7) is 0.269. The summed E-state index contributed by atoms with van der Waals surface area (Å²) < 4.78 is 6.57. The second-order valence-corrected chi connectivity index (χ2v) is 3.68. The van der Waals surface area contributed by atoms with Crippen LogP contribution in [0.1, 0.15) is 5.69 Å². The largest absolute Gasteiger partial charge is 0.394 e. The molecule has 0 fully saturated rings. The van der Waals surface area contributed by atoms with Crippen molar-refractivity contribution in [2.24, 2.45) is 5.73 Å². The second-order valence-electron chi connectivity index (χ2n) is 3.68. The van der Waals surface area contributed by atoms with Gasteiger partial charge in [-0.05, 0) is 0 Å². The van der Waals surface area contributed by atoms with Gasteiger partial charge in [-0.15, -0.1) is 5.10 Å². The van der Waals surface area contributed by atoms with Crippen molar-refractivity contribution in [2.75, 3.05) is 33.0 Å². The fourth-order valence-corrected chi connectivity index (χ4v) is 1.17. The molecule has 1 heterocycles. The lowest BCUT2D eigenvalue weighted by Gasteiger charge is -2.20. The van der Waals surface area contributed by atoms with Crippen LogP contribution in [0.2, 0.25) is 0 Å². The van der Waals surface area contributed by atoms with Crippen molar-refractivity contribution in [3.63, 3.8) is 0 Å². The highest BCUT2D eigenvalue weighted by molar-refractivity contribution is 5.09. The fourth-order valence-electron chi connectivity index (χ4n) is 1.17. The van der Waals surface area contributed by atoms with E-state index in [1.807, 2.05) is 0 Å². The molecule has 98 valence electrons. The van der Waals surface area contributed by atoms with Gasteiger partial charge in [-0.25, -0.2) is 4.68 Å². The molecule has 0 aromatic carbocycles. The molecule has 0 spiro atoms. The van der Waals surface area contributed by atoms with Crippen LogP contribution in [0.4, 0.5) is 0 Å². The first-order valence-electron chi connectivity index (χ1n) is 5.26. The Bertz CT molecular complexity index is 327. The van der Waals surface area contributed by atoms with Crippen LogP contribution in [0.15, 0.2) is 6.20 Å². The van der Waals surface area contributed by atoms with Crippen molar-refractivity contribution in [3.8, 4) is 0 Å². The van der Waals surface area contributed by atoms with Crippen LogP contribution < -0.4 is 5.73 Å². The number of ether oxygens (including phenoxy) is 1. The predicted octanol–water partition coefficient (Wildman–Crippen LogP) is -2.57. The standard InChI is InChI=1S/C9H18N4O4/c10-9(6-15,7-16)8-5-13(12-11-8)1-3-17-4-2-14/h5,14-16H,1-4,6-7,10H2. The van der Waals surface area contributed by atoms with Crippen LogP contribution >= 0.6 is 0 Å². The highest BCUT2D eigenvalue weighted by atomic mass is 16.5. The molecule has 0 atom stereocenters. The summed E-state index contributed by atoms with van der Waals surface area (Å²) in [6, 6.07) is 0. The van der Waals surface area contributed by atoms with E-state index in [2.05, 4.69) is 10.3 Å². The van der Waals surface area contributed by atoms with Gasteiger partial charge >= 0.3 is 0 Å². The third-order valence-corrected chi connectivity index (χ3v) is 2.31. The van der Waals surface area contributed by atoms with E-state index in [1.165, 1.54) is 4.68 Å². The number of rotatable bonds is 8. The minimum absolute atomic E-state index is 0.0243. The molecule has 17 heavy (non-hydrogen) atoms. The summed E-state index contributed by atoms with van der Waals surface area (Å²) in [7, 11) is 0. The average molecular weight is 246 g/mol. The van der Waals surface area contributed by atoms with Crippen molar-refractivity contribution < 1.29 is 20.1 Å². The molecule has 0 bridgehead atoms. The van der Waals surface area contributed by atoms with E-state index in [0.717, 1.165) is 0 Å². The summed E-state index contributed by atoms with van der Waals surface area (Å²) in [4.78, 5) is 0. The SMILES string of the molecule is NC(CO)(CO)c1cn(CCOCCO)nn1. The van der Waals surface area contributed by atoms with E-state index < -0.39 is 18.8 Å². The lowest BCUT2D eigenvalue weighted by Crippen LogP contribution is -2.44. The minimum Gasteiger partial charge on any atom is -0.394 e. The maximum Gasteiger partial charge on any atom is 0.109 e. The first-order chi connectivity index (χ1) is 8.16. The average Bonchev–Trinajstić information content (AvgIpc) is 2.83. The molecule has 8 nitrogen and oxygen atoms in total. The summed E-state index contributed by atoms with van der Waals surface area (Å²) in [5.74, 6) is 0. The Labute approximate surface area is 98.6 Å². The van der Waals surface area contributed by atoms with E-state index in [1.54, 1.807) is 6.20 Å². The lowest BCUT2D eigenvalue weighted by atomic mass is 10.0. The molecule has 0 aliphatic heterocycles. The smallest absolute Gasteiger partial charge is 0.109 e. The summed E-state index contributed by atoms with van der Waals surface area (Å²) >= 11 is 0. The molecule has 0 aliphatic rings. The molecule has 8 heteroatoms. The van der Waals surface area contributed by atoms with Gasteiger partial charge in [0.1, 0.15) is 11.2 Å². The Balaban J connectivity index is 2.53. The molecular weight excluding hydrogens is 228 g/mol. The molecule has 5 N–H and O–H groups in total. The summed E-state index contributed by atoms with van der Waals surface area (Å²) in [5.41, 5.74) is 4.78. The van der Waals surface area contributed by atoms with E-state index in [9.17, 15) is 0 Å². The zero-order valence-electron chi connectivity index (χ0n) is 9.49. The third-order valence-electron chi connectivity index (χ3n) is 2.31. The van der Waals surface area contributed by atoms with Crippen LogP contribution in [0.25, 0.3) is 0 Å². The Morgan fingerprint density at radius 3 is 2.59 bits per heavy atom. The van der Waals surface area contributed by atoms with Crippen LogP contribution in [-0.4, -0.2) is 63.3 Å². The van der Waals surface area contributed by atoms with Gasteiger partial charge in [0.25, 0.3) is 0 Å². The van der Waals surface area contributed by atoms with Crippen molar-refractivity contribution in [2.45, 2.75) is 12.1 Å². The first kappa shape index (κ1) is 14.0. The Morgan fingerprint density at radius 1 is 1.29 bits per heavy atom. The van der Waals surface area contributed by atoms with E-state index in [-0.39, 0.29) is 13.2 Å². The topological polar surface area (TPSA) is 127 Å². The second kappa shape index (κ2) is 6.62. The molecule has 0 saturated carbocycles. The zero-order valence-corrected chi connectivity index (χ0v) is 9.49. The first-order valence-corrected chi connectivity index (χ1v) is 5.26. The Hall–Kier alpha value is -1.06. The van der Waals surface area contributed by atoms with Crippen molar-refractivity contribution in [1.29, 1.82) is 0 Å². The zero-order chi connectivity index (χ0) is 12.7. The van der Waals surface area contributed by atoms with Crippen molar-refractivity contribution in [1.82, 2.24) is 15.0 Å². The van der Waals surface area contributed by atoms with E-state index in [0.29, 0.717) is 18.8 Å². The molecule has 1 aromatic rings. The molecule has 0 aliphatic carbocycles. The lowest BCUT2D eigenvalue weighted by molar-refractivity contribution is 0.0851. The number of aliphatic hydroxyl groups excluding tert-OH is 3. The Morgan fingerprint density at radius 2 is 2.00 bits per heavy atom. The maximum absolute atomic E-state index is 9.08. The number of nitrogens with two attached hydrogens (primary N) is 1. The van der Waals surface area contributed by atoms with E-state index >= 15 is 0 Å². The van der Waals surface area contributed by atoms with Crippen LogP contribution in [-0.2, 0) is 16.8 Å². The molecule has 0 radical (unpaired) electrons. The van der Waals surface area contributed by atoms with Gasteiger partial charge < -0.3 is 25.8 Å². The van der Waals surface area contributed by atoms with Crippen LogP contribution in [0.3, 0.4) is 0 Å². The number of nitrogens with zero attached hydrogens (tertiary/aromatic N) is 3. The van der Waals surface area contributed by atoms with Crippen molar-refractivity contribution in [3.05, 3.63) is 11.9 Å². The highest BCUT2D eigenvalue weighted by Crippen LogP contribution is 2.13. The molecule has 1 rings (SSSR count). The molecule has 0 saturated heterocycles. The van der Waals surface area contributed by atoms with Gasteiger partial charge in [-0.1, -0.05) is 5.21 Å². The van der Waals surface area contributed by atoms with Crippen LogP contribution in [0, 0.1) is 0 Å². The molecule has 0 unspecified atom stereocenters. The highest BCUT2D eigenvalue weighted by Gasteiger charge is 2.29. The summed E-state index contributed by atoms with van der Waals surface area (Å²) in [6.07, 6.45) is 1.55. The molecule has 1 aromatic heterocycles. The van der Waals surface area contributed by atoms with Gasteiger partial charge in [0.15, 0.2) is 0 Å². The van der Waals surface area contributed by atoms with Gasteiger partial charge in [-0.3, -0.25) is 0 Å². The molecular formula is C9H18N4O4. The fraction of sp³-hybridized carbons (Fsp3) is 0.778.